The van der Waals surface area contributed by atoms with Crippen molar-refractivity contribution in [2.45, 2.75) is 19.5 Å². The largest absolute Gasteiger partial charge is 0.465 e. The molecule has 33 heavy (non-hydrogen) atoms. The van der Waals surface area contributed by atoms with Gasteiger partial charge in [0.2, 0.25) is 0 Å². The van der Waals surface area contributed by atoms with Crippen LogP contribution in [0.4, 0.5) is 4.39 Å². The lowest BCUT2D eigenvalue weighted by atomic mass is 10.0. The number of amides is 1. The number of ether oxygens (including phenoxy) is 1. The van der Waals surface area contributed by atoms with Crippen LogP contribution in [-0.4, -0.2) is 23.6 Å². The molecular formula is C26H22ClFN2O3. The summed E-state index contributed by atoms with van der Waals surface area (Å²) in [7, 11) is 1.32. The summed E-state index contributed by atoms with van der Waals surface area (Å²) in [6.07, 6.45) is 1.77. The SMILES string of the molecule is COC(=O)c1ccc([C@H](C)NC(=O)c2ccc(F)c3ccn(Cc4ccc(Cl)cc4)c23)cc1. The minimum atomic E-state index is -0.423. The summed E-state index contributed by atoms with van der Waals surface area (Å²) >= 11 is 5.97. The maximum Gasteiger partial charge on any atom is 0.337 e. The van der Waals surface area contributed by atoms with Crippen LogP contribution in [0, 0.1) is 5.82 Å². The minimum absolute atomic E-state index is 0.319. The molecule has 5 nitrogen and oxygen atoms in total. The average Bonchev–Trinajstić information content (AvgIpc) is 3.24. The van der Waals surface area contributed by atoms with Gasteiger partial charge in [0.05, 0.1) is 29.8 Å². The molecule has 7 heteroatoms. The van der Waals surface area contributed by atoms with E-state index in [-0.39, 0.29) is 17.8 Å². The standard InChI is InChI=1S/C26H22ClFN2O3/c1-16(18-5-7-19(8-6-18)26(32)33-2)29-25(31)22-11-12-23(28)21-13-14-30(24(21)22)15-17-3-9-20(27)10-4-17/h3-14,16H,15H2,1-2H3,(H,29,31)/t16-/m0/s1. The lowest BCUT2D eigenvalue weighted by molar-refractivity contribution is 0.0600. The smallest absolute Gasteiger partial charge is 0.337 e. The third-order valence-electron chi connectivity index (χ3n) is 5.56. The highest BCUT2D eigenvalue weighted by Gasteiger charge is 2.19. The molecule has 1 amide bonds. The highest BCUT2D eigenvalue weighted by atomic mass is 35.5. The number of halogens is 2. The summed E-state index contributed by atoms with van der Waals surface area (Å²) in [5.41, 5.74) is 3.14. The molecule has 0 aliphatic heterocycles. The van der Waals surface area contributed by atoms with Gasteiger partial charge < -0.3 is 14.6 Å². The highest BCUT2D eigenvalue weighted by Crippen LogP contribution is 2.26. The van der Waals surface area contributed by atoms with E-state index in [1.165, 1.54) is 19.2 Å². The Labute approximate surface area is 195 Å². The minimum Gasteiger partial charge on any atom is -0.465 e. The van der Waals surface area contributed by atoms with Gasteiger partial charge in [0.25, 0.3) is 5.91 Å². The topological polar surface area (TPSA) is 60.3 Å². The zero-order valence-electron chi connectivity index (χ0n) is 18.1. The lowest BCUT2D eigenvalue weighted by Gasteiger charge is -2.16. The first-order valence-electron chi connectivity index (χ1n) is 10.4. The maximum atomic E-state index is 14.5. The molecule has 1 aromatic heterocycles. The van der Waals surface area contributed by atoms with E-state index in [1.54, 1.807) is 48.7 Å². The van der Waals surface area contributed by atoms with Crippen molar-refractivity contribution in [3.8, 4) is 0 Å². The first kappa shape index (κ1) is 22.6. The molecule has 168 valence electrons. The van der Waals surface area contributed by atoms with E-state index in [4.69, 9.17) is 16.3 Å². The van der Waals surface area contributed by atoms with Crippen molar-refractivity contribution in [1.29, 1.82) is 0 Å². The van der Waals surface area contributed by atoms with Gasteiger partial charge in [-0.25, -0.2) is 9.18 Å². The average molecular weight is 465 g/mol. The van der Waals surface area contributed by atoms with Gasteiger partial charge in [-0.3, -0.25) is 4.79 Å². The normalized spacial score (nSPS) is 11.9. The van der Waals surface area contributed by atoms with Crippen molar-refractivity contribution in [1.82, 2.24) is 9.88 Å². The predicted molar refractivity (Wildman–Crippen MR) is 126 cm³/mol. The fourth-order valence-corrected chi connectivity index (χ4v) is 3.90. The van der Waals surface area contributed by atoms with Crippen molar-refractivity contribution >= 4 is 34.4 Å². The summed E-state index contributed by atoms with van der Waals surface area (Å²) in [6.45, 7) is 2.31. The molecule has 0 spiro atoms. The number of aromatic nitrogens is 1. The fourth-order valence-electron chi connectivity index (χ4n) is 3.78. The fraction of sp³-hybridized carbons (Fsp3) is 0.154. The summed E-state index contributed by atoms with van der Waals surface area (Å²) in [5, 5.41) is 3.98. The van der Waals surface area contributed by atoms with Crippen LogP contribution in [0.3, 0.4) is 0 Å². The quantitative estimate of drug-likeness (QED) is 0.369. The van der Waals surface area contributed by atoms with Crippen LogP contribution in [0.25, 0.3) is 10.9 Å². The molecule has 0 saturated carbocycles. The third kappa shape index (κ3) is 4.76. The second-order valence-corrected chi connectivity index (χ2v) is 8.17. The number of nitrogens with zero attached hydrogens (tertiary/aromatic N) is 1. The molecule has 0 saturated heterocycles. The molecule has 0 bridgehead atoms. The molecule has 1 atom stereocenters. The second-order valence-electron chi connectivity index (χ2n) is 7.74. The van der Waals surface area contributed by atoms with E-state index < -0.39 is 5.97 Å². The van der Waals surface area contributed by atoms with Crippen LogP contribution in [0.1, 0.15) is 44.8 Å². The van der Waals surface area contributed by atoms with Crippen molar-refractivity contribution in [3.05, 3.63) is 106 Å². The number of rotatable bonds is 6. The Bertz CT molecular complexity index is 1310. The Morgan fingerprint density at radius 3 is 2.39 bits per heavy atom. The summed E-state index contributed by atoms with van der Waals surface area (Å²) in [6, 6.07) is 18.4. The van der Waals surface area contributed by atoms with Gasteiger partial charge in [0.15, 0.2) is 0 Å². The van der Waals surface area contributed by atoms with Gasteiger partial charge in [0, 0.05) is 23.2 Å². The molecule has 0 aliphatic rings. The van der Waals surface area contributed by atoms with E-state index in [0.29, 0.717) is 33.6 Å². The van der Waals surface area contributed by atoms with Gasteiger partial charge >= 0.3 is 5.97 Å². The Balaban J connectivity index is 1.61. The number of methoxy groups -OCH3 is 1. The molecule has 3 aromatic carbocycles. The monoisotopic (exact) mass is 464 g/mol. The number of esters is 1. The van der Waals surface area contributed by atoms with Crippen molar-refractivity contribution in [2.75, 3.05) is 7.11 Å². The van der Waals surface area contributed by atoms with Crippen LogP contribution >= 0.6 is 11.6 Å². The number of fused-ring (bicyclic) bond motifs is 1. The van der Waals surface area contributed by atoms with Crippen molar-refractivity contribution < 1.29 is 18.7 Å². The Morgan fingerprint density at radius 1 is 1.03 bits per heavy atom. The van der Waals surface area contributed by atoms with Gasteiger partial charge in [-0.05, 0) is 60.5 Å². The van der Waals surface area contributed by atoms with E-state index in [2.05, 4.69) is 5.32 Å². The first-order valence-corrected chi connectivity index (χ1v) is 10.8. The van der Waals surface area contributed by atoms with Crippen LogP contribution < -0.4 is 5.32 Å². The van der Waals surface area contributed by atoms with E-state index >= 15 is 0 Å². The number of hydrogen-bond donors (Lipinski definition) is 1. The number of benzene rings is 3. The molecule has 4 aromatic rings. The molecule has 1 heterocycles. The van der Waals surface area contributed by atoms with Crippen molar-refractivity contribution in [2.24, 2.45) is 0 Å². The third-order valence-corrected chi connectivity index (χ3v) is 5.81. The van der Waals surface area contributed by atoms with E-state index in [0.717, 1.165) is 11.1 Å². The zero-order valence-corrected chi connectivity index (χ0v) is 18.9. The number of nitrogens with one attached hydrogen (secondary N) is 1. The summed E-state index contributed by atoms with van der Waals surface area (Å²) in [4.78, 5) is 24.8. The summed E-state index contributed by atoms with van der Waals surface area (Å²) < 4.78 is 21.1. The first-order chi connectivity index (χ1) is 15.9. The molecule has 0 fully saturated rings. The van der Waals surface area contributed by atoms with Gasteiger partial charge in [-0.15, -0.1) is 0 Å². The Hall–Kier alpha value is -3.64. The molecule has 0 unspecified atom stereocenters. The van der Waals surface area contributed by atoms with Gasteiger partial charge in [-0.1, -0.05) is 35.9 Å². The van der Waals surface area contributed by atoms with Gasteiger partial charge in [0.1, 0.15) is 5.82 Å². The number of hydrogen-bond acceptors (Lipinski definition) is 3. The molecule has 1 N–H and O–H groups in total. The lowest BCUT2D eigenvalue weighted by Crippen LogP contribution is -2.27. The maximum absolute atomic E-state index is 14.5. The summed E-state index contributed by atoms with van der Waals surface area (Å²) in [5.74, 6) is -1.13. The Morgan fingerprint density at radius 2 is 1.73 bits per heavy atom. The van der Waals surface area contributed by atoms with Crippen molar-refractivity contribution in [3.63, 3.8) is 0 Å². The predicted octanol–water partition coefficient (Wildman–Crippen LogP) is 5.76. The van der Waals surface area contributed by atoms with E-state index in [1.807, 2.05) is 23.6 Å². The van der Waals surface area contributed by atoms with Crippen LogP contribution in [0.15, 0.2) is 72.9 Å². The highest BCUT2D eigenvalue weighted by molar-refractivity contribution is 6.30. The molecule has 0 radical (unpaired) electrons. The molecule has 0 aliphatic carbocycles. The van der Waals surface area contributed by atoms with E-state index in [9.17, 15) is 14.0 Å². The Kier molecular flexibility index (Phi) is 6.47. The molecule has 4 rings (SSSR count). The van der Waals surface area contributed by atoms with Gasteiger partial charge in [-0.2, -0.15) is 0 Å². The second kappa shape index (κ2) is 9.46. The number of carbonyl (C=O) groups is 2. The van der Waals surface area contributed by atoms with Crippen LogP contribution in [0.5, 0.6) is 0 Å². The number of carbonyl (C=O) groups excluding carboxylic acids is 2. The zero-order chi connectivity index (χ0) is 23.5. The molecular weight excluding hydrogens is 443 g/mol. The van der Waals surface area contributed by atoms with Crippen LogP contribution in [-0.2, 0) is 11.3 Å². The van der Waals surface area contributed by atoms with Crippen LogP contribution in [0.2, 0.25) is 5.02 Å².